The average Bonchev–Trinajstić information content (AvgIpc) is 3.27. The summed E-state index contributed by atoms with van der Waals surface area (Å²) < 4.78 is 29.0. The molecule has 0 bridgehead atoms. The quantitative estimate of drug-likeness (QED) is 0.518. The number of nitrogens with one attached hydrogen (secondary N) is 2. The highest BCUT2D eigenvalue weighted by molar-refractivity contribution is 6.30. The van der Waals surface area contributed by atoms with Gasteiger partial charge in [-0.15, -0.1) is 0 Å². The molecular formula is C25H23ClF2N4O3. The van der Waals surface area contributed by atoms with Crippen molar-refractivity contribution in [1.29, 1.82) is 0 Å². The van der Waals surface area contributed by atoms with Crippen molar-refractivity contribution in [2.45, 2.75) is 0 Å². The van der Waals surface area contributed by atoms with E-state index < -0.39 is 36.1 Å². The smallest absolute Gasteiger partial charge is 0.255 e. The van der Waals surface area contributed by atoms with Crippen LogP contribution < -0.4 is 16.2 Å². The van der Waals surface area contributed by atoms with Gasteiger partial charge in [0.15, 0.2) is 0 Å². The Morgan fingerprint density at radius 2 is 1.66 bits per heavy atom. The number of rotatable bonds is 7. The Kier molecular flexibility index (Phi) is 7.57. The number of alkyl halides is 1. The van der Waals surface area contributed by atoms with E-state index in [4.69, 9.17) is 11.6 Å². The fraction of sp³-hybridized carbons (Fsp3) is 0.240. The molecule has 2 aromatic carbocycles. The molecule has 35 heavy (non-hydrogen) atoms. The summed E-state index contributed by atoms with van der Waals surface area (Å²) in [6.45, 7) is -0.175. The summed E-state index contributed by atoms with van der Waals surface area (Å²) in [6.07, 6.45) is 1.51. The van der Waals surface area contributed by atoms with Gasteiger partial charge in [0.25, 0.3) is 5.56 Å². The van der Waals surface area contributed by atoms with E-state index >= 15 is 0 Å². The predicted octanol–water partition coefficient (Wildman–Crippen LogP) is 3.72. The molecule has 7 nitrogen and oxygen atoms in total. The molecule has 1 aromatic heterocycles. The van der Waals surface area contributed by atoms with Crippen LogP contribution in [0.3, 0.4) is 0 Å². The zero-order valence-electron chi connectivity index (χ0n) is 18.6. The molecule has 0 unspecified atom stereocenters. The van der Waals surface area contributed by atoms with Gasteiger partial charge in [0.2, 0.25) is 11.8 Å². The van der Waals surface area contributed by atoms with Crippen LogP contribution in [0.15, 0.2) is 71.7 Å². The van der Waals surface area contributed by atoms with Gasteiger partial charge in [-0.05, 0) is 42.5 Å². The number of likely N-dealkylation sites (tertiary alicyclic amines) is 1. The van der Waals surface area contributed by atoms with Crippen LogP contribution in [-0.4, -0.2) is 47.6 Å². The van der Waals surface area contributed by atoms with Crippen molar-refractivity contribution in [3.8, 4) is 5.69 Å². The highest BCUT2D eigenvalue weighted by Crippen LogP contribution is 2.28. The molecule has 2 atom stereocenters. The van der Waals surface area contributed by atoms with Crippen molar-refractivity contribution in [2.75, 3.05) is 36.9 Å². The van der Waals surface area contributed by atoms with Crippen LogP contribution in [0.5, 0.6) is 0 Å². The van der Waals surface area contributed by atoms with Crippen LogP contribution in [0.25, 0.3) is 5.69 Å². The first kappa shape index (κ1) is 24.6. The molecule has 2 N–H and O–H groups in total. The Bertz CT molecular complexity index is 1280. The summed E-state index contributed by atoms with van der Waals surface area (Å²) in [5.41, 5.74) is 0.419. The molecule has 0 radical (unpaired) electrons. The number of amides is 2. The van der Waals surface area contributed by atoms with Crippen LogP contribution in [0.2, 0.25) is 5.02 Å². The van der Waals surface area contributed by atoms with E-state index in [-0.39, 0.29) is 30.9 Å². The molecule has 2 amide bonds. The Labute approximate surface area is 205 Å². The number of halogens is 3. The maximum Gasteiger partial charge on any atom is 0.255 e. The van der Waals surface area contributed by atoms with Crippen LogP contribution in [0.1, 0.15) is 0 Å². The van der Waals surface area contributed by atoms with Gasteiger partial charge < -0.3 is 10.6 Å². The first-order valence-corrected chi connectivity index (χ1v) is 11.4. The third-order valence-electron chi connectivity index (χ3n) is 5.89. The topological polar surface area (TPSA) is 83.4 Å². The standard InChI is InChI=1S/C25H23ClF2N4O3/c26-16-4-6-17(7-5-16)29-24(34)19-14-31(12-10-27)15-20(19)25(35)30-22-9-8-18(13-21(22)28)32-11-2-1-3-23(32)33/h1-9,11,13,19-20H,10,12,14-15H2,(H,29,34)(H,30,35)/t19-,20-/m0/s1. The molecule has 1 saturated heterocycles. The monoisotopic (exact) mass is 500 g/mol. The van der Waals surface area contributed by atoms with Gasteiger partial charge in [-0.2, -0.15) is 0 Å². The van der Waals surface area contributed by atoms with E-state index in [0.717, 1.165) is 6.07 Å². The summed E-state index contributed by atoms with van der Waals surface area (Å²) in [6, 6.07) is 15.1. The molecule has 3 aromatic rings. The Balaban J connectivity index is 1.50. The molecule has 1 aliphatic rings. The summed E-state index contributed by atoms with van der Waals surface area (Å²) in [5, 5.41) is 5.82. The number of aromatic nitrogens is 1. The lowest BCUT2D eigenvalue weighted by Gasteiger charge is -2.18. The minimum Gasteiger partial charge on any atom is -0.326 e. The van der Waals surface area contributed by atoms with Crippen molar-refractivity contribution < 1.29 is 18.4 Å². The molecule has 0 saturated carbocycles. The van der Waals surface area contributed by atoms with Crippen LogP contribution in [0.4, 0.5) is 20.2 Å². The second-order valence-electron chi connectivity index (χ2n) is 8.22. The van der Waals surface area contributed by atoms with Gasteiger partial charge in [0.05, 0.1) is 23.2 Å². The lowest BCUT2D eigenvalue weighted by atomic mass is 9.94. The molecule has 0 spiro atoms. The number of carbonyl (C=O) groups excluding carboxylic acids is 2. The van der Waals surface area contributed by atoms with Gasteiger partial charge in [-0.25, -0.2) is 8.78 Å². The number of pyridine rings is 1. The highest BCUT2D eigenvalue weighted by atomic mass is 35.5. The lowest BCUT2D eigenvalue weighted by molar-refractivity contribution is -0.127. The van der Waals surface area contributed by atoms with Crippen molar-refractivity contribution in [3.05, 3.63) is 88.1 Å². The fourth-order valence-electron chi connectivity index (χ4n) is 4.11. The first-order chi connectivity index (χ1) is 16.9. The van der Waals surface area contributed by atoms with E-state index in [2.05, 4.69) is 10.6 Å². The van der Waals surface area contributed by atoms with Crippen molar-refractivity contribution in [2.24, 2.45) is 11.8 Å². The summed E-state index contributed by atoms with van der Waals surface area (Å²) in [7, 11) is 0. The van der Waals surface area contributed by atoms with Crippen LogP contribution >= 0.6 is 11.6 Å². The van der Waals surface area contributed by atoms with Crippen molar-refractivity contribution in [1.82, 2.24) is 9.47 Å². The largest absolute Gasteiger partial charge is 0.326 e. The number of benzene rings is 2. The second-order valence-corrected chi connectivity index (χ2v) is 8.66. The third kappa shape index (κ3) is 5.75. The Hall–Kier alpha value is -3.56. The Morgan fingerprint density at radius 1 is 0.971 bits per heavy atom. The highest BCUT2D eigenvalue weighted by Gasteiger charge is 2.41. The van der Waals surface area contributed by atoms with Gasteiger partial charge in [-0.3, -0.25) is 23.9 Å². The molecule has 1 fully saturated rings. The molecule has 10 heteroatoms. The minimum atomic E-state index is -0.815. The number of carbonyl (C=O) groups is 2. The van der Waals surface area contributed by atoms with Crippen LogP contribution in [-0.2, 0) is 9.59 Å². The molecule has 2 heterocycles. The van der Waals surface area contributed by atoms with E-state index in [0.29, 0.717) is 16.4 Å². The molecular weight excluding hydrogens is 478 g/mol. The summed E-state index contributed by atoms with van der Waals surface area (Å²) in [5.74, 6) is -3.25. The zero-order valence-corrected chi connectivity index (χ0v) is 19.3. The summed E-state index contributed by atoms with van der Waals surface area (Å²) >= 11 is 5.88. The van der Waals surface area contributed by atoms with E-state index in [1.54, 1.807) is 41.3 Å². The molecule has 1 aliphatic heterocycles. The van der Waals surface area contributed by atoms with E-state index in [1.807, 2.05) is 0 Å². The number of nitrogens with zero attached hydrogens (tertiary/aromatic N) is 2. The number of anilines is 2. The zero-order chi connectivity index (χ0) is 24.9. The van der Waals surface area contributed by atoms with Crippen LogP contribution in [0, 0.1) is 17.7 Å². The second kappa shape index (κ2) is 10.8. The van der Waals surface area contributed by atoms with E-state index in [9.17, 15) is 23.2 Å². The SMILES string of the molecule is O=C(Nc1ccc(Cl)cc1)[C@H]1CN(CCF)C[C@@H]1C(=O)Nc1ccc(-n2ccccc2=O)cc1F. The maximum atomic E-state index is 14.8. The molecule has 182 valence electrons. The van der Waals surface area contributed by atoms with Gasteiger partial charge >= 0.3 is 0 Å². The van der Waals surface area contributed by atoms with Gasteiger partial charge in [0, 0.05) is 48.7 Å². The number of hydrogen-bond donors (Lipinski definition) is 2. The summed E-state index contributed by atoms with van der Waals surface area (Å²) in [4.78, 5) is 39.7. The lowest BCUT2D eigenvalue weighted by Crippen LogP contribution is -2.35. The normalized spacial score (nSPS) is 17.8. The van der Waals surface area contributed by atoms with Gasteiger partial charge in [-0.1, -0.05) is 17.7 Å². The first-order valence-electron chi connectivity index (χ1n) is 11.0. The minimum absolute atomic E-state index is 0.0801. The van der Waals surface area contributed by atoms with Crippen molar-refractivity contribution >= 4 is 34.8 Å². The van der Waals surface area contributed by atoms with Gasteiger partial charge in [0.1, 0.15) is 12.5 Å². The average molecular weight is 501 g/mol. The molecule has 4 rings (SSSR count). The molecule has 0 aliphatic carbocycles. The Morgan fingerprint density at radius 3 is 2.29 bits per heavy atom. The van der Waals surface area contributed by atoms with E-state index in [1.165, 1.54) is 29.0 Å². The van der Waals surface area contributed by atoms with Crippen molar-refractivity contribution in [3.63, 3.8) is 0 Å². The third-order valence-corrected chi connectivity index (χ3v) is 6.14. The fourth-order valence-corrected chi connectivity index (χ4v) is 4.23. The predicted molar refractivity (Wildman–Crippen MR) is 130 cm³/mol. The number of hydrogen-bond acceptors (Lipinski definition) is 4. The maximum absolute atomic E-state index is 14.8.